The molecule has 2 heterocycles. The van der Waals surface area contributed by atoms with Crippen LogP contribution in [0.5, 0.6) is 0 Å². The van der Waals surface area contributed by atoms with Gasteiger partial charge in [0.15, 0.2) is 0 Å². The first-order chi connectivity index (χ1) is 13.6. The number of aliphatic hydroxyl groups is 1. The highest BCUT2D eigenvalue weighted by atomic mass is 79.9. The predicted molar refractivity (Wildman–Crippen MR) is 118 cm³/mol. The SMILES string of the molecule is O[C@H](Cn1nnc2ccccc21)Cn1c2ccc(Br)cc2c2cc(Br)ccc21. The Bertz CT molecular complexity index is 1270. The number of aliphatic hydroxyl groups excluding tert-OH is 1. The molecule has 0 aliphatic carbocycles. The molecule has 0 amide bonds. The van der Waals surface area contributed by atoms with Crippen LogP contribution in [0.3, 0.4) is 0 Å². The summed E-state index contributed by atoms with van der Waals surface area (Å²) in [6.45, 7) is 0.853. The number of para-hydroxylation sites is 1. The van der Waals surface area contributed by atoms with Crippen LogP contribution in [-0.2, 0) is 13.1 Å². The molecule has 3 aromatic carbocycles. The van der Waals surface area contributed by atoms with Crippen LogP contribution in [-0.4, -0.2) is 30.8 Å². The third-order valence-corrected chi connectivity index (χ3v) is 5.97. The molecule has 1 N–H and O–H groups in total. The number of hydrogen-bond donors (Lipinski definition) is 1. The molecule has 0 aliphatic rings. The van der Waals surface area contributed by atoms with E-state index in [1.54, 1.807) is 4.68 Å². The third kappa shape index (κ3) is 3.03. The Morgan fingerprint density at radius 1 is 0.821 bits per heavy atom. The molecule has 0 radical (unpaired) electrons. The van der Waals surface area contributed by atoms with Crippen molar-refractivity contribution in [2.45, 2.75) is 19.2 Å². The minimum atomic E-state index is -0.601. The van der Waals surface area contributed by atoms with Crippen LogP contribution in [0, 0.1) is 0 Å². The number of hydrogen-bond acceptors (Lipinski definition) is 3. The molecule has 0 spiro atoms. The lowest BCUT2D eigenvalue weighted by Crippen LogP contribution is -2.22. The van der Waals surface area contributed by atoms with Crippen LogP contribution in [0.15, 0.2) is 69.6 Å². The van der Waals surface area contributed by atoms with E-state index >= 15 is 0 Å². The molecule has 7 heteroatoms. The van der Waals surface area contributed by atoms with Crippen molar-refractivity contribution in [3.05, 3.63) is 69.6 Å². The van der Waals surface area contributed by atoms with E-state index in [1.807, 2.05) is 36.4 Å². The van der Waals surface area contributed by atoms with Gasteiger partial charge in [-0.05, 0) is 48.5 Å². The quantitative estimate of drug-likeness (QED) is 0.373. The Balaban J connectivity index is 1.55. The largest absolute Gasteiger partial charge is 0.389 e. The maximum atomic E-state index is 10.9. The number of aromatic nitrogens is 4. The smallest absolute Gasteiger partial charge is 0.113 e. The lowest BCUT2D eigenvalue weighted by atomic mass is 10.2. The van der Waals surface area contributed by atoms with Gasteiger partial charge in [0.1, 0.15) is 5.52 Å². The van der Waals surface area contributed by atoms with E-state index in [0.717, 1.165) is 41.8 Å². The first kappa shape index (κ1) is 17.8. The van der Waals surface area contributed by atoms with Crippen molar-refractivity contribution in [1.82, 2.24) is 19.6 Å². The summed E-state index contributed by atoms with van der Waals surface area (Å²) in [6, 6.07) is 20.3. The average Bonchev–Trinajstić information content (AvgIpc) is 3.21. The second kappa shape index (κ2) is 6.99. The highest BCUT2D eigenvalue weighted by Gasteiger charge is 2.16. The fraction of sp³-hybridized carbons (Fsp3) is 0.143. The van der Waals surface area contributed by atoms with Gasteiger partial charge in [-0.25, -0.2) is 4.68 Å². The number of halogens is 2. The van der Waals surface area contributed by atoms with Crippen LogP contribution >= 0.6 is 31.9 Å². The summed E-state index contributed by atoms with van der Waals surface area (Å²) in [5.41, 5.74) is 3.95. The lowest BCUT2D eigenvalue weighted by Gasteiger charge is -2.14. The molecule has 0 aliphatic heterocycles. The molecule has 0 saturated carbocycles. The van der Waals surface area contributed by atoms with Gasteiger partial charge in [-0.2, -0.15) is 0 Å². The molecule has 0 saturated heterocycles. The molecule has 2 aromatic heterocycles. The van der Waals surface area contributed by atoms with Crippen LogP contribution < -0.4 is 0 Å². The van der Waals surface area contributed by atoms with Gasteiger partial charge in [0.25, 0.3) is 0 Å². The zero-order valence-corrected chi connectivity index (χ0v) is 17.9. The van der Waals surface area contributed by atoms with E-state index in [-0.39, 0.29) is 0 Å². The van der Waals surface area contributed by atoms with E-state index in [1.165, 1.54) is 0 Å². The number of rotatable bonds is 4. The fourth-order valence-electron chi connectivity index (χ4n) is 3.77. The molecule has 28 heavy (non-hydrogen) atoms. The number of benzene rings is 3. The molecular weight excluding hydrogens is 484 g/mol. The number of nitrogens with zero attached hydrogens (tertiary/aromatic N) is 4. The molecule has 0 unspecified atom stereocenters. The van der Waals surface area contributed by atoms with E-state index in [0.29, 0.717) is 13.1 Å². The highest BCUT2D eigenvalue weighted by Crippen LogP contribution is 2.33. The first-order valence-corrected chi connectivity index (χ1v) is 10.5. The normalized spacial score (nSPS) is 13.0. The molecule has 1 atom stereocenters. The fourth-order valence-corrected chi connectivity index (χ4v) is 4.49. The van der Waals surface area contributed by atoms with Gasteiger partial charge in [0, 0.05) is 30.8 Å². The van der Waals surface area contributed by atoms with Crippen molar-refractivity contribution < 1.29 is 5.11 Å². The van der Waals surface area contributed by atoms with E-state index < -0.39 is 6.10 Å². The van der Waals surface area contributed by atoms with Crippen molar-refractivity contribution in [2.75, 3.05) is 0 Å². The summed E-state index contributed by atoms with van der Waals surface area (Å²) in [4.78, 5) is 0. The van der Waals surface area contributed by atoms with Gasteiger partial charge in [-0.15, -0.1) is 5.10 Å². The average molecular weight is 500 g/mol. The summed E-state index contributed by atoms with van der Waals surface area (Å²) in [6.07, 6.45) is -0.601. The van der Waals surface area contributed by atoms with Gasteiger partial charge in [-0.1, -0.05) is 49.2 Å². The maximum absolute atomic E-state index is 10.9. The standard InChI is InChI=1S/C21H16Br2N4O/c22-13-5-7-19-16(9-13)17-10-14(23)6-8-20(17)26(19)11-15(28)12-27-21-4-2-1-3-18(21)24-25-27/h1-10,15,28H,11-12H2/t15-/m0/s1. The summed E-state index contributed by atoms with van der Waals surface area (Å²) in [5.74, 6) is 0. The van der Waals surface area contributed by atoms with Crippen LogP contribution in [0.2, 0.25) is 0 Å². The first-order valence-electron chi connectivity index (χ1n) is 8.93. The minimum absolute atomic E-state index is 0.384. The molecule has 0 fully saturated rings. The summed E-state index contributed by atoms with van der Waals surface area (Å²) >= 11 is 7.14. The van der Waals surface area contributed by atoms with Crippen LogP contribution in [0.1, 0.15) is 0 Å². The van der Waals surface area contributed by atoms with Crippen molar-refractivity contribution in [3.63, 3.8) is 0 Å². The Morgan fingerprint density at radius 2 is 1.46 bits per heavy atom. The van der Waals surface area contributed by atoms with Crippen molar-refractivity contribution in [3.8, 4) is 0 Å². The Hall–Kier alpha value is -2.22. The Morgan fingerprint density at radius 3 is 2.14 bits per heavy atom. The third-order valence-electron chi connectivity index (χ3n) is 4.99. The highest BCUT2D eigenvalue weighted by molar-refractivity contribution is 9.10. The summed E-state index contributed by atoms with van der Waals surface area (Å²) < 4.78 is 6.01. The molecule has 5 nitrogen and oxygen atoms in total. The predicted octanol–water partition coefficient (Wildman–Crippen LogP) is 5.13. The molecular formula is C21H16Br2N4O. The molecule has 5 aromatic rings. The van der Waals surface area contributed by atoms with Crippen molar-refractivity contribution in [2.24, 2.45) is 0 Å². The van der Waals surface area contributed by atoms with E-state index in [2.05, 4.69) is 71.0 Å². The summed E-state index contributed by atoms with van der Waals surface area (Å²) in [5, 5.41) is 21.5. The van der Waals surface area contributed by atoms with Gasteiger partial charge >= 0.3 is 0 Å². The Kier molecular flexibility index (Phi) is 4.45. The van der Waals surface area contributed by atoms with E-state index in [4.69, 9.17) is 0 Å². The minimum Gasteiger partial charge on any atom is -0.389 e. The Labute approximate surface area is 177 Å². The van der Waals surface area contributed by atoms with Gasteiger partial charge in [0.05, 0.1) is 24.7 Å². The van der Waals surface area contributed by atoms with Crippen molar-refractivity contribution in [1.29, 1.82) is 0 Å². The second-order valence-corrected chi connectivity index (χ2v) is 8.68. The second-order valence-electron chi connectivity index (χ2n) is 6.85. The zero-order valence-electron chi connectivity index (χ0n) is 14.8. The molecule has 5 rings (SSSR count). The maximum Gasteiger partial charge on any atom is 0.113 e. The van der Waals surface area contributed by atoms with Gasteiger partial charge < -0.3 is 9.67 Å². The topological polar surface area (TPSA) is 55.9 Å². The monoisotopic (exact) mass is 498 g/mol. The van der Waals surface area contributed by atoms with E-state index in [9.17, 15) is 5.11 Å². The summed E-state index contributed by atoms with van der Waals surface area (Å²) in [7, 11) is 0. The van der Waals surface area contributed by atoms with Crippen molar-refractivity contribution >= 4 is 64.7 Å². The molecule has 0 bridgehead atoms. The van der Waals surface area contributed by atoms with Gasteiger partial charge in [-0.3, -0.25) is 0 Å². The molecule has 140 valence electrons. The number of fused-ring (bicyclic) bond motifs is 4. The lowest BCUT2D eigenvalue weighted by molar-refractivity contribution is 0.133. The van der Waals surface area contributed by atoms with Gasteiger partial charge in [0.2, 0.25) is 0 Å². The van der Waals surface area contributed by atoms with Crippen LogP contribution in [0.4, 0.5) is 0 Å². The van der Waals surface area contributed by atoms with Crippen LogP contribution in [0.25, 0.3) is 32.8 Å². The zero-order chi connectivity index (χ0) is 19.3.